The van der Waals surface area contributed by atoms with Gasteiger partial charge in [-0.15, -0.1) is 0 Å². The van der Waals surface area contributed by atoms with Gasteiger partial charge in [-0.1, -0.05) is 0 Å². The molecule has 1 fully saturated rings. The summed E-state index contributed by atoms with van der Waals surface area (Å²) in [6.07, 6.45) is 2.09. The van der Waals surface area contributed by atoms with E-state index >= 15 is 0 Å². The minimum Gasteiger partial charge on any atom is -0.478 e. The second-order valence-electron chi connectivity index (χ2n) is 2.53. The molecule has 0 spiro atoms. The number of imide groups is 1. The predicted octanol–water partition coefficient (Wildman–Crippen LogP) is -1.46. The van der Waals surface area contributed by atoms with Crippen LogP contribution in [-0.2, 0) is 14.4 Å². The number of carbonyl (C=O) groups excluding carboxylic acids is 2. The van der Waals surface area contributed by atoms with Crippen molar-refractivity contribution >= 4 is 17.8 Å². The van der Waals surface area contributed by atoms with Crippen molar-refractivity contribution in [2.24, 2.45) is 0 Å². The van der Waals surface area contributed by atoms with Crippen molar-refractivity contribution in [3.63, 3.8) is 0 Å². The van der Waals surface area contributed by atoms with Gasteiger partial charge in [-0.2, -0.15) is 0 Å². The fourth-order valence-corrected chi connectivity index (χ4v) is 0.934. The van der Waals surface area contributed by atoms with Crippen molar-refractivity contribution in [2.75, 3.05) is 13.1 Å². The van der Waals surface area contributed by atoms with E-state index in [0.29, 0.717) is 0 Å². The molecule has 1 aliphatic rings. The normalized spacial score (nSPS) is 17.7. The molecule has 0 atom stereocenters. The van der Waals surface area contributed by atoms with Crippen LogP contribution in [0.3, 0.4) is 0 Å². The molecule has 70 valence electrons. The largest absolute Gasteiger partial charge is 0.478 e. The first-order chi connectivity index (χ1) is 6.08. The van der Waals surface area contributed by atoms with E-state index in [1.165, 1.54) is 11.1 Å². The van der Waals surface area contributed by atoms with Gasteiger partial charge in [0.05, 0.1) is 13.1 Å². The highest BCUT2D eigenvalue weighted by Gasteiger charge is 2.19. The minimum atomic E-state index is -1.11. The van der Waals surface area contributed by atoms with Crippen LogP contribution in [0.4, 0.5) is 0 Å². The minimum absolute atomic E-state index is 0.00944. The monoisotopic (exact) mass is 184 g/mol. The van der Waals surface area contributed by atoms with Crippen LogP contribution in [0.2, 0.25) is 0 Å². The number of amides is 2. The molecule has 0 aromatic rings. The maximum absolute atomic E-state index is 10.8. The molecule has 13 heavy (non-hydrogen) atoms. The van der Waals surface area contributed by atoms with Crippen LogP contribution in [0.15, 0.2) is 12.3 Å². The van der Waals surface area contributed by atoms with Gasteiger partial charge in [0.15, 0.2) is 0 Å². The van der Waals surface area contributed by atoms with E-state index in [9.17, 15) is 14.4 Å². The Morgan fingerprint density at radius 3 is 2.38 bits per heavy atom. The van der Waals surface area contributed by atoms with Crippen molar-refractivity contribution < 1.29 is 19.5 Å². The number of nitrogens with one attached hydrogen (secondary N) is 1. The van der Waals surface area contributed by atoms with Gasteiger partial charge in [-0.3, -0.25) is 14.9 Å². The summed E-state index contributed by atoms with van der Waals surface area (Å²) in [5.41, 5.74) is 0. The van der Waals surface area contributed by atoms with Crippen LogP contribution < -0.4 is 5.32 Å². The summed E-state index contributed by atoms with van der Waals surface area (Å²) in [5, 5.41) is 10.4. The first-order valence-corrected chi connectivity index (χ1v) is 3.56. The number of carbonyl (C=O) groups is 3. The highest BCUT2D eigenvalue weighted by molar-refractivity contribution is 5.99. The zero-order valence-electron chi connectivity index (χ0n) is 6.69. The van der Waals surface area contributed by atoms with Crippen molar-refractivity contribution in [1.82, 2.24) is 10.2 Å². The molecular weight excluding hydrogens is 176 g/mol. The number of piperazine rings is 1. The van der Waals surface area contributed by atoms with Crippen LogP contribution in [0.1, 0.15) is 0 Å². The lowest BCUT2D eigenvalue weighted by Gasteiger charge is -2.23. The highest BCUT2D eigenvalue weighted by atomic mass is 16.4. The van der Waals surface area contributed by atoms with Gasteiger partial charge >= 0.3 is 5.97 Å². The molecule has 1 aliphatic heterocycles. The molecule has 0 bridgehead atoms. The van der Waals surface area contributed by atoms with E-state index < -0.39 is 17.8 Å². The predicted molar refractivity (Wildman–Crippen MR) is 41.5 cm³/mol. The summed E-state index contributed by atoms with van der Waals surface area (Å²) >= 11 is 0. The number of rotatable bonds is 2. The van der Waals surface area contributed by atoms with Crippen molar-refractivity contribution in [3.05, 3.63) is 12.3 Å². The average molecular weight is 184 g/mol. The fraction of sp³-hybridized carbons (Fsp3) is 0.286. The Kier molecular flexibility index (Phi) is 2.63. The molecule has 0 aromatic heterocycles. The Labute approximate surface area is 73.8 Å². The van der Waals surface area contributed by atoms with Gasteiger partial charge in [-0.05, 0) is 0 Å². The Morgan fingerprint density at radius 1 is 1.38 bits per heavy atom. The Morgan fingerprint density at radius 2 is 1.92 bits per heavy atom. The van der Waals surface area contributed by atoms with Gasteiger partial charge < -0.3 is 10.0 Å². The summed E-state index contributed by atoms with van der Waals surface area (Å²) in [6.45, 7) is 0.0189. The summed E-state index contributed by atoms with van der Waals surface area (Å²) in [7, 11) is 0. The van der Waals surface area contributed by atoms with Crippen molar-refractivity contribution in [1.29, 1.82) is 0 Å². The summed E-state index contributed by atoms with van der Waals surface area (Å²) < 4.78 is 0. The SMILES string of the molecule is O=C(O)C=CN1CC(=O)NC(=O)C1. The average Bonchev–Trinajstić information content (AvgIpc) is 1.99. The lowest BCUT2D eigenvalue weighted by molar-refractivity contribution is -0.135. The Balaban J connectivity index is 2.55. The molecule has 0 saturated carbocycles. The number of hydrogen-bond acceptors (Lipinski definition) is 4. The van der Waals surface area contributed by atoms with Crippen LogP contribution in [0.25, 0.3) is 0 Å². The summed E-state index contributed by atoms with van der Waals surface area (Å²) in [6, 6.07) is 0. The third-order valence-electron chi connectivity index (χ3n) is 1.40. The number of carboxylic acids is 1. The summed E-state index contributed by atoms with van der Waals surface area (Å²) in [4.78, 5) is 33.0. The molecular formula is C7H8N2O4. The van der Waals surface area contributed by atoms with Gasteiger partial charge in [0.2, 0.25) is 11.8 Å². The molecule has 2 amide bonds. The standard InChI is InChI=1S/C7H8N2O4/c10-5-3-9(2-1-7(12)13)4-6(11)8-5/h1-2H,3-4H2,(H,12,13)(H,8,10,11). The lowest BCUT2D eigenvalue weighted by atomic mass is 10.3. The van der Waals surface area contributed by atoms with Crippen LogP contribution >= 0.6 is 0 Å². The molecule has 1 rings (SSSR count). The van der Waals surface area contributed by atoms with Crippen molar-refractivity contribution in [2.45, 2.75) is 0 Å². The second-order valence-corrected chi connectivity index (χ2v) is 2.53. The number of aliphatic carboxylic acids is 1. The Hall–Kier alpha value is -1.85. The molecule has 0 aliphatic carbocycles. The Bertz CT molecular complexity index is 268. The lowest BCUT2D eigenvalue weighted by Crippen LogP contribution is -2.49. The topological polar surface area (TPSA) is 86.7 Å². The van der Waals surface area contributed by atoms with Gasteiger partial charge in [0, 0.05) is 12.3 Å². The third kappa shape index (κ3) is 2.94. The van der Waals surface area contributed by atoms with E-state index in [0.717, 1.165) is 6.08 Å². The molecule has 6 heteroatoms. The zero-order valence-corrected chi connectivity index (χ0v) is 6.69. The van der Waals surface area contributed by atoms with Crippen molar-refractivity contribution in [3.8, 4) is 0 Å². The first kappa shape index (κ1) is 9.24. The number of carboxylic acid groups (broad SMARTS) is 1. The van der Waals surface area contributed by atoms with E-state index in [1.54, 1.807) is 0 Å². The van der Waals surface area contributed by atoms with E-state index in [1.807, 2.05) is 0 Å². The maximum Gasteiger partial charge on any atom is 0.329 e. The van der Waals surface area contributed by atoms with E-state index in [4.69, 9.17) is 5.11 Å². The highest BCUT2D eigenvalue weighted by Crippen LogP contribution is 1.95. The molecule has 0 aromatic carbocycles. The maximum atomic E-state index is 10.8. The van der Waals surface area contributed by atoms with E-state index in [2.05, 4.69) is 5.32 Å². The molecule has 1 heterocycles. The summed E-state index contributed by atoms with van der Waals surface area (Å²) in [5.74, 6) is -1.96. The molecule has 1 saturated heterocycles. The fourth-order valence-electron chi connectivity index (χ4n) is 0.934. The second kappa shape index (κ2) is 3.70. The quantitative estimate of drug-likeness (QED) is 0.404. The van der Waals surface area contributed by atoms with Crippen LogP contribution in [-0.4, -0.2) is 40.9 Å². The van der Waals surface area contributed by atoms with Gasteiger partial charge in [-0.25, -0.2) is 4.79 Å². The van der Waals surface area contributed by atoms with E-state index in [-0.39, 0.29) is 13.1 Å². The zero-order chi connectivity index (χ0) is 9.84. The smallest absolute Gasteiger partial charge is 0.329 e. The molecule has 0 unspecified atom stereocenters. The van der Waals surface area contributed by atoms with Crippen LogP contribution in [0, 0.1) is 0 Å². The third-order valence-corrected chi connectivity index (χ3v) is 1.40. The molecule has 2 N–H and O–H groups in total. The number of nitrogens with zero attached hydrogens (tertiary/aromatic N) is 1. The number of hydrogen-bond donors (Lipinski definition) is 2. The first-order valence-electron chi connectivity index (χ1n) is 3.56. The van der Waals surface area contributed by atoms with Crippen LogP contribution in [0.5, 0.6) is 0 Å². The molecule has 6 nitrogen and oxygen atoms in total. The molecule has 0 radical (unpaired) electrons. The van der Waals surface area contributed by atoms with Gasteiger partial charge in [0.1, 0.15) is 0 Å². The van der Waals surface area contributed by atoms with Gasteiger partial charge in [0.25, 0.3) is 0 Å².